The molecule has 1 aliphatic heterocycles. The highest BCUT2D eigenvalue weighted by Gasteiger charge is 2.54. The third kappa shape index (κ3) is 1.43. The average Bonchev–Trinajstić information content (AvgIpc) is 3.05. The molecular weight excluding hydrogens is 194 g/mol. The number of carbonyl (C=O) groups excluding carboxylic acids is 1. The smallest absolute Gasteiger partial charge is 0.309 e. The summed E-state index contributed by atoms with van der Waals surface area (Å²) in [6.07, 6.45) is 4.57. The van der Waals surface area contributed by atoms with E-state index >= 15 is 0 Å². The first-order chi connectivity index (χ1) is 7.18. The van der Waals surface area contributed by atoms with Crippen LogP contribution in [0.15, 0.2) is 0 Å². The Balaban J connectivity index is 1.86. The standard InChI is InChI=1S/C11H15NO3/c13-9-5-8(11(14)15)10(6-1-2-6)12(9)7-3-4-7/h6-8,10H,1-5H2,(H,14,15)/t8-,10+/m0/s1. The van der Waals surface area contributed by atoms with E-state index < -0.39 is 11.9 Å². The zero-order chi connectivity index (χ0) is 10.6. The molecule has 2 saturated carbocycles. The van der Waals surface area contributed by atoms with Gasteiger partial charge < -0.3 is 10.0 Å². The second-order valence-electron chi connectivity index (χ2n) is 5.01. The number of carbonyl (C=O) groups is 2. The lowest BCUT2D eigenvalue weighted by Crippen LogP contribution is -2.40. The zero-order valence-electron chi connectivity index (χ0n) is 8.56. The molecule has 2 atom stereocenters. The van der Waals surface area contributed by atoms with Crippen LogP contribution < -0.4 is 0 Å². The molecule has 0 aromatic carbocycles. The van der Waals surface area contributed by atoms with Crippen LogP contribution in [0.3, 0.4) is 0 Å². The molecular formula is C11H15NO3. The first kappa shape index (κ1) is 9.19. The van der Waals surface area contributed by atoms with E-state index in [0.717, 1.165) is 25.7 Å². The van der Waals surface area contributed by atoms with Crippen LogP contribution >= 0.6 is 0 Å². The molecule has 3 fully saturated rings. The number of hydrogen-bond acceptors (Lipinski definition) is 2. The lowest BCUT2D eigenvalue weighted by atomic mass is 9.96. The number of carboxylic acid groups (broad SMARTS) is 1. The summed E-state index contributed by atoms with van der Waals surface area (Å²) in [4.78, 5) is 24.8. The molecule has 4 heteroatoms. The van der Waals surface area contributed by atoms with Crippen LogP contribution in [0.1, 0.15) is 32.1 Å². The van der Waals surface area contributed by atoms with Crippen molar-refractivity contribution in [3.05, 3.63) is 0 Å². The van der Waals surface area contributed by atoms with Gasteiger partial charge in [-0.1, -0.05) is 0 Å². The third-order valence-electron chi connectivity index (χ3n) is 3.78. The maximum Gasteiger partial charge on any atom is 0.309 e. The van der Waals surface area contributed by atoms with Crippen molar-refractivity contribution >= 4 is 11.9 Å². The number of likely N-dealkylation sites (tertiary alicyclic amines) is 1. The van der Waals surface area contributed by atoms with Crippen molar-refractivity contribution in [2.24, 2.45) is 11.8 Å². The molecule has 0 aromatic heterocycles. The third-order valence-corrected chi connectivity index (χ3v) is 3.78. The highest BCUT2D eigenvalue weighted by Crippen LogP contribution is 2.47. The molecule has 1 N–H and O–H groups in total. The van der Waals surface area contributed by atoms with Crippen molar-refractivity contribution in [1.29, 1.82) is 0 Å². The summed E-state index contributed by atoms with van der Waals surface area (Å²) < 4.78 is 0. The molecule has 0 radical (unpaired) electrons. The van der Waals surface area contributed by atoms with Crippen LogP contribution in [0, 0.1) is 11.8 Å². The SMILES string of the molecule is O=C(O)[C@H]1CC(=O)N(C2CC2)[C@@H]1C1CC1. The molecule has 4 nitrogen and oxygen atoms in total. The number of hydrogen-bond donors (Lipinski definition) is 1. The minimum atomic E-state index is -0.789. The summed E-state index contributed by atoms with van der Waals surface area (Å²) in [5, 5.41) is 9.12. The van der Waals surface area contributed by atoms with Gasteiger partial charge in [0.05, 0.1) is 5.92 Å². The fraction of sp³-hybridized carbons (Fsp3) is 0.818. The highest BCUT2D eigenvalue weighted by atomic mass is 16.4. The monoisotopic (exact) mass is 209 g/mol. The Hall–Kier alpha value is -1.06. The van der Waals surface area contributed by atoms with E-state index in [1.54, 1.807) is 0 Å². The normalized spacial score (nSPS) is 36.0. The van der Waals surface area contributed by atoms with Gasteiger partial charge in [0.25, 0.3) is 0 Å². The largest absolute Gasteiger partial charge is 0.481 e. The van der Waals surface area contributed by atoms with Crippen molar-refractivity contribution in [3.8, 4) is 0 Å². The number of rotatable bonds is 3. The number of carboxylic acids is 1. The molecule has 0 bridgehead atoms. The second-order valence-corrected chi connectivity index (χ2v) is 5.01. The molecule has 2 aliphatic carbocycles. The summed E-state index contributed by atoms with van der Waals surface area (Å²) >= 11 is 0. The molecule has 1 saturated heterocycles. The number of nitrogens with zero attached hydrogens (tertiary/aromatic N) is 1. The molecule has 1 amide bonds. The van der Waals surface area contributed by atoms with Crippen LogP contribution in [0.2, 0.25) is 0 Å². The van der Waals surface area contributed by atoms with Gasteiger partial charge in [-0.3, -0.25) is 9.59 Å². The first-order valence-electron chi connectivity index (χ1n) is 5.72. The Kier molecular flexibility index (Phi) is 1.82. The average molecular weight is 209 g/mol. The Bertz CT molecular complexity index is 320. The molecule has 0 spiro atoms. The van der Waals surface area contributed by atoms with Gasteiger partial charge >= 0.3 is 5.97 Å². The van der Waals surface area contributed by atoms with Gasteiger partial charge in [0, 0.05) is 18.5 Å². The summed E-state index contributed by atoms with van der Waals surface area (Å²) in [5.41, 5.74) is 0. The lowest BCUT2D eigenvalue weighted by molar-refractivity contribution is -0.142. The molecule has 0 aromatic rings. The summed E-state index contributed by atoms with van der Waals surface area (Å²) in [6.45, 7) is 0. The Labute approximate surface area is 88.2 Å². The fourth-order valence-electron chi connectivity index (χ4n) is 2.80. The summed E-state index contributed by atoms with van der Waals surface area (Å²) in [5.74, 6) is -0.686. The molecule has 0 unspecified atom stereocenters. The van der Waals surface area contributed by atoms with Crippen LogP contribution in [-0.4, -0.2) is 34.0 Å². The van der Waals surface area contributed by atoms with E-state index in [0.29, 0.717) is 12.0 Å². The van der Waals surface area contributed by atoms with Crippen LogP contribution in [-0.2, 0) is 9.59 Å². The Morgan fingerprint density at radius 1 is 1.27 bits per heavy atom. The van der Waals surface area contributed by atoms with Crippen LogP contribution in [0.25, 0.3) is 0 Å². The fourth-order valence-corrected chi connectivity index (χ4v) is 2.80. The maximum absolute atomic E-state index is 11.8. The first-order valence-corrected chi connectivity index (χ1v) is 5.72. The summed E-state index contributed by atoms with van der Waals surface area (Å²) in [6, 6.07) is 0.384. The van der Waals surface area contributed by atoms with Gasteiger partial charge in [0.15, 0.2) is 0 Å². The van der Waals surface area contributed by atoms with E-state index in [4.69, 9.17) is 5.11 Å². The number of aliphatic carboxylic acids is 1. The maximum atomic E-state index is 11.8. The molecule has 3 aliphatic rings. The molecule has 1 heterocycles. The Morgan fingerprint density at radius 2 is 1.93 bits per heavy atom. The minimum absolute atomic E-state index is 0.0162. The van der Waals surface area contributed by atoms with Crippen LogP contribution in [0.5, 0.6) is 0 Å². The van der Waals surface area contributed by atoms with Gasteiger partial charge in [0.1, 0.15) is 0 Å². The van der Waals surface area contributed by atoms with Gasteiger partial charge in [-0.2, -0.15) is 0 Å². The molecule has 15 heavy (non-hydrogen) atoms. The van der Waals surface area contributed by atoms with Gasteiger partial charge in [-0.25, -0.2) is 0 Å². The zero-order valence-corrected chi connectivity index (χ0v) is 8.56. The quantitative estimate of drug-likeness (QED) is 0.750. The van der Waals surface area contributed by atoms with E-state index in [-0.39, 0.29) is 18.4 Å². The van der Waals surface area contributed by atoms with Crippen molar-refractivity contribution in [3.63, 3.8) is 0 Å². The topological polar surface area (TPSA) is 57.6 Å². The van der Waals surface area contributed by atoms with E-state index in [2.05, 4.69) is 0 Å². The minimum Gasteiger partial charge on any atom is -0.481 e. The van der Waals surface area contributed by atoms with Crippen molar-refractivity contribution in [1.82, 2.24) is 4.90 Å². The van der Waals surface area contributed by atoms with Gasteiger partial charge in [0.2, 0.25) is 5.91 Å². The van der Waals surface area contributed by atoms with Crippen LogP contribution in [0.4, 0.5) is 0 Å². The summed E-state index contributed by atoms with van der Waals surface area (Å²) in [7, 11) is 0. The predicted molar refractivity (Wildman–Crippen MR) is 52.1 cm³/mol. The van der Waals surface area contributed by atoms with Gasteiger partial charge in [-0.05, 0) is 31.6 Å². The number of amides is 1. The van der Waals surface area contributed by atoms with Crippen molar-refractivity contribution < 1.29 is 14.7 Å². The highest BCUT2D eigenvalue weighted by molar-refractivity contribution is 5.87. The van der Waals surface area contributed by atoms with E-state index in [9.17, 15) is 9.59 Å². The second kappa shape index (κ2) is 2.97. The van der Waals surface area contributed by atoms with E-state index in [1.807, 2.05) is 4.90 Å². The van der Waals surface area contributed by atoms with E-state index in [1.165, 1.54) is 0 Å². The van der Waals surface area contributed by atoms with Crippen molar-refractivity contribution in [2.45, 2.75) is 44.2 Å². The Morgan fingerprint density at radius 3 is 2.40 bits per heavy atom. The molecule has 3 rings (SSSR count). The van der Waals surface area contributed by atoms with Gasteiger partial charge in [-0.15, -0.1) is 0 Å². The molecule has 82 valence electrons. The lowest BCUT2D eigenvalue weighted by Gasteiger charge is -2.26. The predicted octanol–water partition coefficient (Wildman–Crippen LogP) is 0.861. The van der Waals surface area contributed by atoms with Crippen molar-refractivity contribution in [2.75, 3.05) is 0 Å².